The molecule has 0 atom stereocenters. The molecule has 0 amide bonds. The summed E-state index contributed by atoms with van der Waals surface area (Å²) in [6.07, 6.45) is 4.07. The molecule has 4 N–H and O–H groups in total. The minimum atomic E-state index is -0.365. The van der Waals surface area contributed by atoms with E-state index in [1.54, 1.807) is 6.92 Å². The summed E-state index contributed by atoms with van der Waals surface area (Å²) in [5.74, 6) is 6.64. The van der Waals surface area contributed by atoms with Crippen molar-refractivity contribution < 1.29 is 4.79 Å². The van der Waals surface area contributed by atoms with E-state index < -0.39 is 0 Å². The van der Waals surface area contributed by atoms with Crippen LogP contribution in [0.1, 0.15) is 49.3 Å². The Balaban J connectivity index is 0.00000341. The number of nitrogens with one attached hydrogen (secondary N) is 2. The van der Waals surface area contributed by atoms with Crippen LogP contribution in [0.25, 0.3) is 0 Å². The van der Waals surface area contributed by atoms with Crippen LogP contribution >= 0.6 is 12.4 Å². The maximum atomic E-state index is 12.4. The lowest BCUT2D eigenvalue weighted by Crippen LogP contribution is -2.50. The van der Waals surface area contributed by atoms with Gasteiger partial charge in [0.25, 0.3) is 0 Å². The molecule has 0 bridgehead atoms. The molecule has 0 spiro atoms. The zero-order chi connectivity index (χ0) is 21.7. The van der Waals surface area contributed by atoms with Gasteiger partial charge in [-0.2, -0.15) is 0 Å². The fourth-order valence-electron chi connectivity index (χ4n) is 4.31. The van der Waals surface area contributed by atoms with Crippen LogP contribution in [0.2, 0.25) is 0 Å². The van der Waals surface area contributed by atoms with Crippen molar-refractivity contribution in [3.63, 3.8) is 0 Å². The number of halogens is 1. The number of likely N-dealkylation sites (N-methyl/N-ethyl adjacent to an activating group) is 1. The van der Waals surface area contributed by atoms with Gasteiger partial charge in [-0.1, -0.05) is 36.8 Å². The first-order chi connectivity index (χ1) is 14.3. The average Bonchev–Trinajstić information content (AvgIpc) is 3.22. The molecule has 2 aromatic carbocycles. The van der Waals surface area contributed by atoms with Gasteiger partial charge in [-0.25, -0.2) is 0 Å². The molecule has 0 radical (unpaired) electrons. The Morgan fingerprint density at radius 2 is 1.94 bits per heavy atom. The smallest absolute Gasteiger partial charge is 0.155 e. The van der Waals surface area contributed by atoms with Gasteiger partial charge in [0.15, 0.2) is 5.78 Å². The SMILES string of the molecule is CC(=O)C1(N(C)c2ccc(C#CCNc3cccc(C(=N)N)c3)cc2C)CCCC1.Cl. The molecule has 164 valence electrons. The van der Waals surface area contributed by atoms with Gasteiger partial charge >= 0.3 is 0 Å². The molecular weight excluding hydrogens is 408 g/mol. The molecule has 1 aliphatic carbocycles. The van der Waals surface area contributed by atoms with Crippen molar-refractivity contribution in [2.45, 2.75) is 45.1 Å². The Hall–Kier alpha value is -2.97. The molecule has 6 heteroatoms. The van der Waals surface area contributed by atoms with Crippen molar-refractivity contribution in [2.24, 2.45) is 5.73 Å². The molecule has 0 saturated heterocycles. The third-order valence-corrected chi connectivity index (χ3v) is 6.07. The minimum absolute atomic E-state index is 0. The van der Waals surface area contributed by atoms with Crippen LogP contribution in [0.15, 0.2) is 42.5 Å². The molecular formula is C25H31ClN4O. The number of Topliss-reactive ketones (excluding diaryl/α,β-unsaturated/α-hetero) is 1. The highest BCUT2D eigenvalue weighted by atomic mass is 35.5. The number of rotatable bonds is 6. The first-order valence-corrected chi connectivity index (χ1v) is 10.4. The van der Waals surface area contributed by atoms with E-state index in [9.17, 15) is 4.79 Å². The second-order valence-corrected chi connectivity index (χ2v) is 8.00. The first kappa shape index (κ1) is 24.3. The maximum absolute atomic E-state index is 12.4. The van der Waals surface area contributed by atoms with Crippen molar-refractivity contribution in [1.29, 1.82) is 5.41 Å². The van der Waals surface area contributed by atoms with Crippen LogP contribution in [0.3, 0.4) is 0 Å². The lowest BCUT2D eigenvalue weighted by molar-refractivity contribution is -0.121. The molecule has 0 aromatic heterocycles. The Bertz CT molecular complexity index is 1020. The number of aryl methyl sites for hydroxylation is 1. The number of anilines is 2. The highest BCUT2D eigenvalue weighted by Crippen LogP contribution is 2.39. The number of nitrogens with zero attached hydrogens (tertiary/aromatic N) is 1. The van der Waals surface area contributed by atoms with E-state index >= 15 is 0 Å². The lowest BCUT2D eigenvalue weighted by Gasteiger charge is -2.39. The standard InChI is InChI=1S/C25H30N4O.ClH/c1-18-16-20(8-7-15-28-22-10-6-9-21(17-22)24(26)27)11-12-23(18)29(3)25(19(2)30)13-4-5-14-25;/h6,9-12,16-17,28H,4-5,13-15H2,1-3H3,(H3,26,27);1H. The fourth-order valence-corrected chi connectivity index (χ4v) is 4.31. The summed E-state index contributed by atoms with van der Waals surface area (Å²) in [5.41, 5.74) is 9.91. The molecule has 0 aliphatic heterocycles. The summed E-state index contributed by atoms with van der Waals surface area (Å²) in [7, 11) is 2.04. The van der Waals surface area contributed by atoms with E-state index in [2.05, 4.69) is 41.1 Å². The number of ketones is 1. The van der Waals surface area contributed by atoms with E-state index in [0.29, 0.717) is 12.1 Å². The van der Waals surface area contributed by atoms with Gasteiger partial charge in [-0.15, -0.1) is 12.4 Å². The molecule has 2 aromatic rings. The first-order valence-electron chi connectivity index (χ1n) is 10.4. The van der Waals surface area contributed by atoms with Crippen molar-refractivity contribution in [3.8, 4) is 11.8 Å². The third kappa shape index (κ3) is 5.39. The van der Waals surface area contributed by atoms with Gasteiger partial charge in [-0.3, -0.25) is 10.2 Å². The average molecular weight is 439 g/mol. The summed E-state index contributed by atoms with van der Waals surface area (Å²) in [4.78, 5) is 14.6. The number of amidine groups is 1. The summed E-state index contributed by atoms with van der Waals surface area (Å²) in [5, 5.41) is 10.8. The number of carbonyl (C=O) groups excluding carboxylic acids is 1. The predicted molar refractivity (Wildman–Crippen MR) is 132 cm³/mol. The molecule has 0 heterocycles. The van der Waals surface area contributed by atoms with Crippen molar-refractivity contribution >= 4 is 35.4 Å². The fraction of sp³-hybridized carbons (Fsp3) is 0.360. The Morgan fingerprint density at radius 3 is 2.55 bits per heavy atom. The summed E-state index contributed by atoms with van der Waals surface area (Å²) < 4.78 is 0. The second kappa shape index (κ2) is 10.4. The molecule has 31 heavy (non-hydrogen) atoms. The van der Waals surface area contributed by atoms with Crippen LogP contribution in [0.4, 0.5) is 11.4 Å². The Kier molecular flexibility index (Phi) is 8.13. The quantitative estimate of drug-likeness (QED) is 0.352. The summed E-state index contributed by atoms with van der Waals surface area (Å²) in [6, 6.07) is 13.6. The van der Waals surface area contributed by atoms with Crippen molar-refractivity contribution in [1.82, 2.24) is 0 Å². The van der Waals surface area contributed by atoms with E-state index in [1.807, 2.05) is 37.4 Å². The molecule has 5 nitrogen and oxygen atoms in total. The van der Waals surface area contributed by atoms with Crippen LogP contribution in [0, 0.1) is 24.2 Å². The highest BCUT2D eigenvalue weighted by molar-refractivity contribution is 5.95. The number of hydrogen-bond acceptors (Lipinski definition) is 4. The van der Waals surface area contributed by atoms with Crippen LogP contribution in [-0.2, 0) is 4.79 Å². The van der Waals surface area contributed by atoms with Gasteiger partial charge in [0.05, 0.1) is 12.1 Å². The number of hydrogen-bond donors (Lipinski definition) is 3. The van der Waals surface area contributed by atoms with Gasteiger partial charge in [0.2, 0.25) is 0 Å². The molecule has 3 rings (SSSR count). The van der Waals surface area contributed by atoms with Crippen molar-refractivity contribution in [2.75, 3.05) is 23.8 Å². The second-order valence-electron chi connectivity index (χ2n) is 8.00. The topological polar surface area (TPSA) is 82.2 Å². The van der Waals surface area contributed by atoms with Crippen LogP contribution in [0.5, 0.6) is 0 Å². The van der Waals surface area contributed by atoms with E-state index in [-0.39, 0.29) is 29.6 Å². The zero-order valence-corrected chi connectivity index (χ0v) is 19.2. The molecule has 0 unspecified atom stereocenters. The van der Waals surface area contributed by atoms with E-state index in [4.69, 9.17) is 11.1 Å². The Morgan fingerprint density at radius 1 is 1.23 bits per heavy atom. The van der Waals surface area contributed by atoms with Gasteiger partial charge in [0, 0.05) is 29.5 Å². The highest BCUT2D eigenvalue weighted by Gasteiger charge is 2.42. The molecule has 1 aliphatic rings. The summed E-state index contributed by atoms with van der Waals surface area (Å²) in [6.45, 7) is 4.29. The van der Waals surface area contributed by atoms with E-state index in [1.165, 1.54) is 0 Å². The number of carbonyl (C=O) groups is 1. The lowest BCUT2D eigenvalue weighted by atomic mass is 9.89. The number of nitrogens with two attached hydrogens (primary N) is 1. The Labute approximate surface area is 191 Å². The van der Waals surface area contributed by atoms with Gasteiger partial charge in [-0.05, 0) is 62.6 Å². The monoisotopic (exact) mass is 438 g/mol. The normalized spacial score (nSPS) is 14.0. The molecule has 1 fully saturated rings. The van der Waals surface area contributed by atoms with Gasteiger partial charge < -0.3 is 16.0 Å². The number of nitrogen functional groups attached to an aromatic ring is 1. The minimum Gasteiger partial charge on any atom is -0.384 e. The van der Waals surface area contributed by atoms with Crippen molar-refractivity contribution in [3.05, 3.63) is 59.2 Å². The predicted octanol–water partition coefficient (Wildman–Crippen LogP) is 4.50. The van der Waals surface area contributed by atoms with E-state index in [0.717, 1.165) is 48.2 Å². The third-order valence-electron chi connectivity index (χ3n) is 6.07. The molecule has 1 saturated carbocycles. The number of benzene rings is 2. The van der Waals surface area contributed by atoms with Crippen LogP contribution in [-0.4, -0.2) is 30.8 Å². The zero-order valence-electron chi connectivity index (χ0n) is 18.4. The van der Waals surface area contributed by atoms with Crippen LogP contribution < -0.4 is 16.0 Å². The van der Waals surface area contributed by atoms with Gasteiger partial charge in [0.1, 0.15) is 5.84 Å². The maximum Gasteiger partial charge on any atom is 0.155 e. The summed E-state index contributed by atoms with van der Waals surface area (Å²) >= 11 is 0. The largest absolute Gasteiger partial charge is 0.384 e.